The minimum atomic E-state index is -0.834. The maximum Gasteiger partial charge on any atom is 0.344 e. The molecule has 3 rings (SSSR count). The van der Waals surface area contributed by atoms with Crippen molar-refractivity contribution in [2.45, 2.75) is 26.0 Å². The van der Waals surface area contributed by atoms with Gasteiger partial charge in [0.15, 0.2) is 12.7 Å². The standard InChI is InChI=1S/C20H20BrNO4/c1-14(26-19(23)13-25-18-8-4-7-17(21)11-18)20(24)22-10-9-15-5-2-3-6-16(15)12-22/h2-8,11,14H,9-10,12-13H2,1H3. The highest BCUT2D eigenvalue weighted by Crippen LogP contribution is 2.20. The highest BCUT2D eigenvalue weighted by Gasteiger charge is 2.26. The minimum absolute atomic E-state index is 0.185. The number of halogens is 1. The number of benzene rings is 2. The van der Waals surface area contributed by atoms with Gasteiger partial charge in [-0.15, -0.1) is 0 Å². The van der Waals surface area contributed by atoms with E-state index < -0.39 is 12.1 Å². The molecule has 2 aromatic rings. The summed E-state index contributed by atoms with van der Waals surface area (Å²) in [5.74, 6) is -0.193. The molecule has 26 heavy (non-hydrogen) atoms. The van der Waals surface area contributed by atoms with Crippen LogP contribution in [0.25, 0.3) is 0 Å². The number of hydrogen-bond acceptors (Lipinski definition) is 4. The molecule has 0 N–H and O–H groups in total. The molecule has 0 spiro atoms. The molecule has 0 saturated heterocycles. The first kappa shape index (κ1) is 18.5. The van der Waals surface area contributed by atoms with E-state index in [0.717, 1.165) is 16.5 Å². The maximum absolute atomic E-state index is 12.6. The summed E-state index contributed by atoms with van der Waals surface area (Å²) < 4.78 is 11.5. The fraction of sp³-hybridized carbons (Fsp3) is 0.300. The molecule has 0 fully saturated rings. The molecule has 1 aliphatic rings. The lowest BCUT2D eigenvalue weighted by molar-refractivity contribution is -0.161. The summed E-state index contributed by atoms with van der Waals surface area (Å²) >= 11 is 3.34. The second kappa shape index (κ2) is 8.36. The maximum atomic E-state index is 12.6. The molecule has 0 radical (unpaired) electrons. The normalized spacial score (nSPS) is 14.3. The van der Waals surface area contributed by atoms with Crippen LogP contribution in [-0.4, -0.2) is 36.0 Å². The van der Waals surface area contributed by atoms with Crippen LogP contribution >= 0.6 is 15.9 Å². The summed E-state index contributed by atoms with van der Waals surface area (Å²) in [7, 11) is 0. The summed E-state index contributed by atoms with van der Waals surface area (Å²) in [6.07, 6.45) is -0.0203. The van der Waals surface area contributed by atoms with Crippen molar-refractivity contribution in [3.63, 3.8) is 0 Å². The van der Waals surface area contributed by atoms with Gasteiger partial charge in [-0.2, -0.15) is 0 Å². The summed E-state index contributed by atoms with van der Waals surface area (Å²) in [4.78, 5) is 26.3. The van der Waals surface area contributed by atoms with Crippen molar-refractivity contribution in [2.24, 2.45) is 0 Å². The van der Waals surface area contributed by atoms with Crippen LogP contribution in [0.4, 0.5) is 0 Å². The Morgan fingerprint density at radius 1 is 1.15 bits per heavy atom. The highest BCUT2D eigenvalue weighted by atomic mass is 79.9. The van der Waals surface area contributed by atoms with Gasteiger partial charge in [0.2, 0.25) is 0 Å². The molecule has 1 atom stereocenters. The first-order chi connectivity index (χ1) is 12.5. The second-order valence-corrected chi connectivity index (χ2v) is 7.07. The van der Waals surface area contributed by atoms with Crippen molar-refractivity contribution in [3.8, 4) is 5.75 Å². The van der Waals surface area contributed by atoms with Gasteiger partial charge in [-0.25, -0.2) is 4.79 Å². The van der Waals surface area contributed by atoms with Crippen LogP contribution in [0.5, 0.6) is 5.75 Å². The molecule has 0 saturated carbocycles. The van der Waals surface area contributed by atoms with E-state index in [0.29, 0.717) is 18.8 Å². The number of carbonyl (C=O) groups is 2. The van der Waals surface area contributed by atoms with Crippen molar-refractivity contribution in [1.82, 2.24) is 4.90 Å². The predicted octanol–water partition coefficient (Wildman–Crippen LogP) is 3.34. The summed E-state index contributed by atoms with van der Waals surface area (Å²) in [6, 6.07) is 15.3. The lowest BCUT2D eigenvalue weighted by atomic mass is 9.99. The molecule has 6 heteroatoms. The fourth-order valence-electron chi connectivity index (χ4n) is 2.92. The van der Waals surface area contributed by atoms with Crippen LogP contribution in [0.3, 0.4) is 0 Å². The Bertz CT molecular complexity index is 808. The van der Waals surface area contributed by atoms with Crippen LogP contribution in [0.15, 0.2) is 53.0 Å². The molecule has 0 aromatic heterocycles. The van der Waals surface area contributed by atoms with E-state index >= 15 is 0 Å². The van der Waals surface area contributed by atoms with E-state index in [1.165, 1.54) is 5.56 Å². The number of carbonyl (C=O) groups excluding carboxylic acids is 2. The molecular formula is C20H20BrNO4. The molecule has 136 valence electrons. The zero-order valence-electron chi connectivity index (χ0n) is 14.5. The SMILES string of the molecule is CC(OC(=O)COc1cccc(Br)c1)C(=O)N1CCc2ccccc2C1. The largest absolute Gasteiger partial charge is 0.482 e. The average Bonchev–Trinajstić information content (AvgIpc) is 2.65. The Labute approximate surface area is 161 Å². The highest BCUT2D eigenvalue weighted by molar-refractivity contribution is 9.10. The van der Waals surface area contributed by atoms with Crippen LogP contribution in [0.1, 0.15) is 18.1 Å². The number of fused-ring (bicyclic) bond motifs is 1. The van der Waals surface area contributed by atoms with Gasteiger partial charge in [0, 0.05) is 17.6 Å². The van der Waals surface area contributed by atoms with Crippen LogP contribution in [-0.2, 0) is 27.3 Å². The summed E-state index contributed by atoms with van der Waals surface area (Å²) in [5.41, 5.74) is 2.41. The van der Waals surface area contributed by atoms with Gasteiger partial charge < -0.3 is 14.4 Å². The van der Waals surface area contributed by atoms with E-state index in [-0.39, 0.29) is 12.5 Å². The molecule has 1 unspecified atom stereocenters. The topological polar surface area (TPSA) is 55.8 Å². The third-order valence-corrected chi connectivity index (χ3v) is 4.74. The Kier molecular flexibility index (Phi) is 5.93. The molecule has 1 heterocycles. The summed E-state index contributed by atoms with van der Waals surface area (Å²) in [5, 5.41) is 0. The lowest BCUT2D eigenvalue weighted by Gasteiger charge is -2.30. The predicted molar refractivity (Wildman–Crippen MR) is 101 cm³/mol. The smallest absolute Gasteiger partial charge is 0.344 e. The van der Waals surface area contributed by atoms with E-state index in [4.69, 9.17) is 9.47 Å². The Hall–Kier alpha value is -2.34. The molecule has 2 aromatic carbocycles. The van der Waals surface area contributed by atoms with Gasteiger partial charge >= 0.3 is 5.97 Å². The van der Waals surface area contributed by atoms with Gasteiger partial charge in [-0.1, -0.05) is 46.3 Å². The number of amides is 1. The molecule has 1 aliphatic heterocycles. The molecule has 1 amide bonds. The number of hydrogen-bond donors (Lipinski definition) is 0. The number of ether oxygens (including phenoxy) is 2. The fourth-order valence-corrected chi connectivity index (χ4v) is 3.30. The quantitative estimate of drug-likeness (QED) is 0.699. The Morgan fingerprint density at radius 2 is 1.92 bits per heavy atom. The van der Waals surface area contributed by atoms with Gasteiger partial charge in [0.05, 0.1) is 0 Å². The van der Waals surface area contributed by atoms with Crippen molar-refractivity contribution >= 4 is 27.8 Å². The second-order valence-electron chi connectivity index (χ2n) is 6.16. The molecule has 5 nitrogen and oxygen atoms in total. The minimum Gasteiger partial charge on any atom is -0.482 e. The van der Waals surface area contributed by atoms with Crippen LogP contribution < -0.4 is 4.74 Å². The summed E-state index contributed by atoms with van der Waals surface area (Å²) in [6.45, 7) is 2.54. The molecular weight excluding hydrogens is 398 g/mol. The molecule has 0 bridgehead atoms. The van der Waals surface area contributed by atoms with Crippen LogP contribution in [0.2, 0.25) is 0 Å². The third-order valence-electron chi connectivity index (χ3n) is 4.25. The van der Waals surface area contributed by atoms with E-state index in [9.17, 15) is 9.59 Å². The number of rotatable bonds is 5. The molecule has 0 aliphatic carbocycles. The zero-order chi connectivity index (χ0) is 18.5. The average molecular weight is 418 g/mol. The zero-order valence-corrected chi connectivity index (χ0v) is 16.1. The third kappa shape index (κ3) is 4.64. The first-order valence-electron chi connectivity index (χ1n) is 8.46. The van der Waals surface area contributed by atoms with Gasteiger partial charge in [-0.05, 0) is 42.7 Å². The lowest BCUT2D eigenvalue weighted by Crippen LogP contribution is -2.43. The monoisotopic (exact) mass is 417 g/mol. The van der Waals surface area contributed by atoms with E-state index in [1.807, 2.05) is 30.3 Å². The van der Waals surface area contributed by atoms with Crippen molar-refractivity contribution < 1.29 is 19.1 Å². The van der Waals surface area contributed by atoms with Crippen molar-refractivity contribution in [1.29, 1.82) is 0 Å². The number of esters is 1. The van der Waals surface area contributed by atoms with Crippen LogP contribution in [0, 0.1) is 0 Å². The van der Waals surface area contributed by atoms with E-state index in [1.54, 1.807) is 24.0 Å². The first-order valence-corrected chi connectivity index (χ1v) is 9.25. The van der Waals surface area contributed by atoms with Gasteiger partial charge in [0.25, 0.3) is 5.91 Å². The van der Waals surface area contributed by atoms with Crippen molar-refractivity contribution in [3.05, 3.63) is 64.1 Å². The number of nitrogens with zero attached hydrogens (tertiary/aromatic N) is 1. The van der Waals surface area contributed by atoms with E-state index in [2.05, 4.69) is 22.0 Å². The van der Waals surface area contributed by atoms with Crippen molar-refractivity contribution in [2.75, 3.05) is 13.2 Å². The van der Waals surface area contributed by atoms with Gasteiger partial charge in [-0.3, -0.25) is 4.79 Å². The van der Waals surface area contributed by atoms with Gasteiger partial charge in [0.1, 0.15) is 5.75 Å². The Balaban J connectivity index is 1.50. The Morgan fingerprint density at radius 3 is 2.69 bits per heavy atom.